The quantitative estimate of drug-likeness (QED) is 0.350. The van der Waals surface area contributed by atoms with Crippen molar-refractivity contribution in [2.24, 2.45) is 0 Å². The van der Waals surface area contributed by atoms with E-state index < -0.39 is 5.97 Å². The predicted octanol–water partition coefficient (Wildman–Crippen LogP) is 3.31. The molecule has 0 aliphatic carbocycles. The van der Waals surface area contributed by atoms with E-state index >= 15 is 0 Å². The number of carboxylic acid groups (broad SMARTS) is 1. The molecule has 0 saturated carbocycles. The molecule has 0 bridgehead atoms. The normalized spacial score (nSPS) is 10.1. The van der Waals surface area contributed by atoms with Crippen molar-refractivity contribution in [3.63, 3.8) is 0 Å². The molecular formula is C14H24O4. The highest BCUT2D eigenvalue weighted by Crippen LogP contribution is 2.09. The van der Waals surface area contributed by atoms with Crippen LogP contribution in [0.15, 0.2) is 12.2 Å². The lowest BCUT2D eigenvalue weighted by Gasteiger charge is -2.04. The van der Waals surface area contributed by atoms with Crippen LogP contribution in [0.3, 0.4) is 0 Å². The number of carboxylic acids is 1. The van der Waals surface area contributed by atoms with Crippen LogP contribution in [0.1, 0.15) is 58.3 Å². The number of unbranched alkanes of at least 4 members (excludes halogenated alkanes) is 5. The van der Waals surface area contributed by atoms with Gasteiger partial charge in [0.15, 0.2) is 0 Å². The Kier molecular flexibility index (Phi) is 10.0. The van der Waals surface area contributed by atoms with Gasteiger partial charge in [-0.1, -0.05) is 32.3 Å². The van der Waals surface area contributed by atoms with Crippen molar-refractivity contribution >= 4 is 11.9 Å². The number of esters is 1. The Morgan fingerprint density at radius 1 is 1.00 bits per heavy atom. The Labute approximate surface area is 109 Å². The van der Waals surface area contributed by atoms with Crippen LogP contribution in [0.4, 0.5) is 0 Å². The number of rotatable bonds is 11. The summed E-state index contributed by atoms with van der Waals surface area (Å²) in [5, 5.41) is 8.45. The zero-order valence-electron chi connectivity index (χ0n) is 11.2. The molecule has 0 aromatic carbocycles. The van der Waals surface area contributed by atoms with Crippen LogP contribution in [-0.4, -0.2) is 23.7 Å². The topological polar surface area (TPSA) is 63.6 Å². The molecule has 0 fully saturated rings. The number of carbonyl (C=O) groups is 2. The van der Waals surface area contributed by atoms with Gasteiger partial charge in [-0.2, -0.15) is 0 Å². The number of hydrogen-bond acceptors (Lipinski definition) is 3. The second kappa shape index (κ2) is 10.8. The number of hydrogen-bond donors (Lipinski definition) is 1. The summed E-state index contributed by atoms with van der Waals surface area (Å²) in [6.07, 6.45) is 6.34. The van der Waals surface area contributed by atoms with E-state index in [0.29, 0.717) is 13.0 Å². The third kappa shape index (κ3) is 12.7. The summed E-state index contributed by atoms with van der Waals surface area (Å²) in [5.41, 5.74) is 0.849. The molecule has 0 aromatic heterocycles. The van der Waals surface area contributed by atoms with E-state index in [1.807, 2.05) is 6.92 Å². The molecule has 0 unspecified atom stereocenters. The second-order valence-electron chi connectivity index (χ2n) is 4.63. The third-order valence-corrected chi connectivity index (χ3v) is 2.50. The van der Waals surface area contributed by atoms with Gasteiger partial charge in [0.2, 0.25) is 0 Å². The van der Waals surface area contributed by atoms with Gasteiger partial charge in [0.25, 0.3) is 0 Å². The van der Waals surface area contributed by atoms with Gasteiger partial charge in [-0.15, -0.1) is 0 Å². The molecule has 0 aliphatic rings. The van der Waals surface area contributed by atoms with Crippen molar-refractivity contribution in [1.29, 1.82) is 0 Å². The van der Waals surface area contributed by atoms with E-state index in [0.717, 1.165) is 44.1 Å². The standard InChI is InChI=1S/C14H24O4/c1-12(2)11-18-14(17)10-8-6-4-3-5-7-9-13(15)16/h1,3-11H2,2H3,(H,15,16). The Bertz CT molecular complexity index is 271. The van der Waals surface area contributed by atoms with Gasteiger partial charge >= 0.3 is 11.9 Å². The Hall–Kier alpha value is -1.32. The van der Waals surface area contributed by atoms with Crippen LogP contribution in [0.2, 0.25) is 0 Å². The first kappa shape index (κ1) is 16.7. The highest BCUT2D eigenvalue weighted by molar-refractivity contribution is 5.69. The lowest BCUT2D eigenvalue weighted by Crippen LogP contribution is -2.05. The van der Waals surface area contributed by atoms with Crippen LogP contribution in [-0.2, 0) is 14.3 Å². The summed E-state index contributed by atoms with van der Waals surface area (Å²) in [6, 6.07) is 0. The van der Waals surface area contributed by atoms with Gasteiger partial charge < -0.3 is 9.84 Å². The maximum Gasteiger partial charge on any atom is 0.306 e. The molecule has 0 rings (SSSR count). The second-order valence-corrected chi connectivity index (χ2v) is 4.63. The van der Waals surface area contributed by atoms with Crippen LogP contribution in [0, 0.1) is 0 Å². The van der Waals surface area contributed by atoms with Gasteiger partial charge in [-0.05, 0) is 25.3 Å². The SMILES string of the molecule is C=C(C)COC(=O)CCCCCCCCC(=O)O. The average Bonchev–Trinajstić information content (AvgIpc) is 2.29. The summed E-state index contributed by atoms with van der Waals surface area (Å²) in [7, 11) is 0. The summed E-state index contributed by atoms with van der Waals surface area (Å²) < 4.78 is 4.97. The van der Waals surface area contributed by atoms with Gasteiger partial charge in [0.05, 0.1) is 0 Å². The summed E-state index contributed by atoms with van der Waals surface area (Å²) in [6.45, 7) is 5.80. The minimum absolute atomic E-state index is 0.163. The van der Waals surface area contributed by atoms with E-state index in [-0.39, 0.29) is 12.4 Å². The fourth-order valence-corrected chi connectivity index (χ4v) is 1.53. The molecule has 0 radical (unpaired) electrons. The summed E-state index contributed by atoms with van der Waals surface area (Å²) in [5.74, 6) is -0.890. The molecule has 0 heterocycles. The van der Waals surface area contributed by atoms with Crippen molar-refractivity contribution in [1.82, 2.24) is 0 Å². The first-order chi connectivity index (χ1) is 8.52. The highest BCUT2D eigenvalue weighted by atomic mass is 16.5. The van der Waals surface area contributed by atoms with Crippen LogP contribution in [0.25, 0.3) is 0 Å². The first-order valence-electron chi connectivity index (χ1n) is 6.54. The van der Waals surface area contributed by atoms with Crippen molar-refractivity contribution in [2.45, 2.75) is 58.3 Å². The molecule has 4 nitrogen and oxygen atoms in total. The molecule has 4 heteroatoms. The number of aliphatic carboxylic acids is 1. The number of carbonyl (C=O) groups excluding carboxylic acids is 1. The molecule has 0 aromatic rings. The maximum atomic E-state index is 11.2. The minimum Gasteiger partial charge on any atom is -0.481 e. The zero-order valence-corrected chi connectivity index (χ0v) is 11.2. The largest absolute Gasteiger partial charge is 0.481 e. The fraction of sp³-hybridized carbons (Fsp3) is 0.714. The lowest BCUT2D eigenvalue weighted by molar-refractivity contribution is -0.142. The van der Waals surface area contributed by atoms with Gasteiger partial charge in [0.1, 0.15) is 6.61 Å². The van der Waals surface area contributed by atoms with E-state index in [1.54, 1.807) is 0 Å². The molecular weight excluding hydrogens is 232 g/mol. The van der Waals surface area contributed by atoms with Crippen molar-refractivity contribution in [3.8, 4) is 0 Å². The lowest BCUT2D eigenvalue weighted by atomic mass is 10.1. The van der Waals surface area contributed by atoms with Crippen molar-refractivity contribution < 1.29 is 19.4 Å². The smallest absolute Gasteiger partial charge is 0.306 e. The Morgan fingerprint density at radius 2 is 1.50 bits per heavy atom. The molecule has 104 valence electrons. The third-order valence-electron chi connectivity index (χ3n) is 2.50. The average molecular weight is 256 g/mol. The zero-order chi connectivity index (χ0) is 13.8. The molecule has 0 atom stereocenters. The minimum atomic E-state index is -0.727. The van der Waals surface area contributed by atoms with Gasteiger partial charge in [-0.25, -0.2) is 0 Å². The van der Waals surface area contributed by atoms with E-state index in [2.05, 4.69) is 6.58 Å². The summed E-state index contributed by atoms with van der Waals surface area (Å²) >= 11 is 0. The van der Waals surface area contributed by atoms with Crippen molar-refractivity contribution in [2.75, 3.05) is 6.61 Å². The Balaban J connectivity index is 3.22. The van der Waals surface area contributed by atoms with Crippen molar-refractivity contribution in [3.05, 3.63) is 12.2 Å². The molecule has 18 heavy (non-hydrogen) atoms. The van der Waals surface area contributed by atoms with Crippen LogP contribution < -0.4 is 0 Å². The molecule has 0 amide bonds. The molecule has 0 saturated heterocycles. The monoisotopic (exact) mass is 256 g/mol. The predicted molar refractivity (Wildman–Crippen MR) is 70.3 cm³/mol. The number of ether oxygens (including phenoxy) is 1. The van der Waals surface area contributed by atoms with Crippen LogP contribution >= 0.6 is 0 Å². The first-order valence-corrected chi connectivity index (χ1v) is 6.54. The Morgan fingerprint density at radius 3 is 2.00 bits per heavy atom. The van der Waals surface area contributed by atoms with E-state index in [9.17, 15) is 9.59 Å². The molecule has 0 spiro atoms. The van der Waals surface area contributed by atoms with Crippen LogP contribution in [0.5, 0.6) is 0 Å². The van der Waals surface area contributed by atoms with Gasteiger partial charge in [-0.3, -0.25) is 9.59 Å². The van der Waals surface area contributed by atoms with Gasteiger partial charge in [0, 0.05) is 12.8 Å². The molecule has 0 aliphatic heterocycles. The molecule has 1 N–H and O–H groups in total. The van der Waals surface area contributed by atoms with E-state index in [1.165, 1.54) is 0 Å². The maximum absolute atomic E-state index is 11.2. The van der Waals surface area contributed by atoms with E-state index in [4.69, 9.17) is 9.84 Å². The fourth-order valence-electron chi connectivity index (χ4n) is 1.53. The summed E-state index contributed by atoms with van der Waals surface area (Å²) in [4.78, 5) is 21.5. The highest BCUT2D eigenvalue weighted by Gasteiger charge is 2.02.